The molecular formula is C13H21N3O. The SMILES string of the molecule is Cc1ccc(CN=C(N)N)c(OC(C)(C)C)c1. The van der Waals surface area contributed by atoms with Gasteiger partial charge < -0.3 is 16.2 Å². The van der Waals surface area contributed by atoms with Crippen LogP contribution >= 0.6 is 0 Å². The summed E-state index contributed by atoms with van der Waals surface area (Å²) in [7, 11) is 0. The average molecular weight is 235 g/mol. The first kappa shape index (κ1) is 13.4. The lowest BCUT2D eigenvalue weighted by Gasteiger charge is -2.23. The van der Waals surface area contributed by atoms with Crippen LogP contribution in [-0.4, -0.2) is 11.6 Å². The quantitative estimate of drug-likeness (QED) is 0.621. The summed E-state index contributed by atoms with van der Waals surface area (Å²) in [5, 5.41) is 0. The molecule has 0 aliphatic carbocycles. The number of hydrogen-bond acceptors (Lipinski definition) is 2. The van der Waals surface area contributed by atoms with Crippen molar-refractivity contribution >= 4 is 5.96 Å². The third kappa shape index (κ3) is 4.76. The summed E-state index contributed by atoms with van der Waals surface area (Å²) in [6.45, 7) is 8.51. The molecule has 4 nitrogen and oxygen atoms in total. The Morgan fingerprint density at radius 3 is 2.47 bits per heavy atom. The molecule has 0 fully saturated rings. The van der Waals surface area contributed by atoms with Crippen molar-refractivity contribution in [3.05, 3.63) is 29.3 Å². The predicted octanol–water partition coefficient (Wildman–Crippen LogP) is 1.95. The van der Waals surface area contributed by atoms with Crippen molar-refractivity contribution in [1.82, 2.24) is 0 Å². The van der Waals surface area contributed by atoms with E-state index in [0.717, 1.165) is 16.9 Å². The van der Waals surface area contributed by atoms with Crippen LogP contribution in [0, 0.1) is 6.92 Å². The highest BCUT2D eigenvalue weighted by atomic mass is 16.5. The first-order valence-electron chi connectivity index (χ1n) is 5.62. The van der Waals surface area contributed by atoms with Gasteiger partial charge in [-0.2, -0.15) is 0 Å². The molecule has 0 aromatic heterocycles. The number of aryl methyl sites for hydroxylation is 1. The highest BCUT2D eigenvalue weighted by molar-refractivity contribution is 5.75. The van der Waals surface area contributed by atoms with Crippen molar-refractivity contribution in [3.63, 3.8) is 0 Å². The highest BCUT2D eigenvalue weighted by Crippen LogP contribution is 2.25. The topological polar surface area (TPSA) is 73.6 Å². The number of guanidine groups is 1. The molecule has 17 heavy (non-hydrogen) atoms. The molecule has 0 aliphatic heterocycles. The maximum atomic E-state index is 5.90. The Labute approximate surface area is 103 Å². The fraction of sp³-hybridized carbons (Fsp3) is 0.462. The predicted molar refractivity (Wildman–Crippen MR) is 71.1 cm³/mol. The molecule has 0 bridgehead atoms. The van der Waals surface area contributed by atoms with Gasteiger partial charge in [0.2, 0.25) is 0 Å². The molecular weight excluding hydrogens is 214 g/mol. The molecule has 0 atom stereocenters. The second-order valence-electron chi connectivity index (χ2n) is 5.07. The van der Waals surface area contributed by atoms with Crippen molar-refractivity contribution < 1.29 is 4.74 Å². The van der Waals surface area contributed by atoms with E-state index in [4.69, 9.17) is 16.2 Å². The molecule has 0 saturated heterocycles. The largest absolute Gasteiger partial charge is 0.488 e. The van der Waals surface area contributed by atoms with E-state index in [0.29, 0.717) is 6.54 Å². The van der Waals surface area contributed by atoms with E-state index in [1.807, 2.05) is 45.9 Å². The molecule has 0 aliphatic rings. The Morgan fingerprint density at radius 2 is 1.94 bits per heavy atom. The number of nitrogens with zero attached hydrogens (tertiary/aromatic N) is 1. The molecule has 1 aromatic carbocycles. The Kier molecular flexibility index (Phi) is 3.99. The zero-order valence-corrected chi connectivity index (χ0v) is 10.9. The van der Waals surface area contributed by atoms with E-state index in [9.17, 15) is 0 Å². The molecule has 1 rings (SSSR count). The fourth-order valence-corrected chi connectivity index (χ4v) is 1.39. The summed E-state index contributed by atoms with van der Waals surface area (Å²) < 4.78 is 5.90. The van der Waals surface area contributed by atoms with Gasteiger partial charge in [-0.05, 0) is 39.3 Å². The number of aliphatic imine (C=N–C) groups is 1. The minimum Gasteiger partial charge on any atom is -0.488 e. The van der Waals surface area contributed by atoms with E-state index >= 15 is 0 Å². The molecule has 4 heteroatoms. The molecule has 1 aromatic rings. The molecule has 4 N–H and O–H groups in total. The Morgan fingerprint density at radius 1 is 1.29 bits per heavy atom. The number of rotatable bonds is 3. The van der Waals surface area contributed by atoms with Gasteiger partial charge in [0.05, 0.1) is 6.54 Å². The number of nitrogens with two attached hydrogens (primary N) is 2. The van der Waals surface area contributed by atoms with Crippen molar-refractivity contribution in [1.29, 1.82) is 0 Å². The van der Waals surface area contributed by atoms with Gasteiger partial charge in [-0.1, -0.05) is 12.1 Å². The van der Waals surface area contributed by atoms with E-state index in [2.05, 4.69) is 4.99 Å². The summed E-state index contributed by atoms with van der Waals surface area (Å²) in [5.41, 5.74) is 12.6. The monoisotopic (exact) mass is 235 g/mol. The molecule has 0 saturated carbocycles. The molecule has 0 radical (unpaired) electrons. The van der Waals surface area contributed by atoms with Gasteiger partial charge in [-0.3, -0.25) is 0 Å². The minimum atomic E-state index is -0.236. The molecule has 0 unspecified atom stereocenters. The lowest BCUT2D eigenvalue weighted by Crippen LogP contribution is -2.24. The summed E-state index contributed by atoms with van der Waals surface area (Å²) in [5.74, 6) is 0.926. The Bertz CT molecular complexity index is 415. The van der Waals surface area contributed by atoms with Gasteiger partial charge in [0.1, 0.15) is 11.4 Å². The summed E-state index contributed by atoms with van der Waals surface area (Å²) in [6, 6.07) is 6.01. The van der Waals surface area contributed by atoms with Crippen LogP contribution in [0.4, 0.5) is 0 Å². The summed E-state index contributed by atoms with van der Waals surface area (Å²) in [6.07, 6.45) is 0. The lowest BCUT2D eigenvalue weighted by molar-refractivity contribution is 0.129. The van der Waals surface area contributed by atoms with E-state index in [1.54, 1.807) is 0 Å². The van der Waals surface area contributed by atoms with Crippen molar-refractivity contribution in [2.24, 2.45) is 16.5 Å². The van der Waals surface area contributed by atoms with Crippen molar-refractivity contribution in [3.8, 4) is 5.75 Å². The number of benzene rings is 1. The standard InChI is InChI=1S/C13H21N3O/c1-9-5-6-10(8-16-12(14)15)11(7-9)17-13(2,3)4/h5-7H,8H2,1-4H3,(H4,14,15,16). The molecule has 0 amide bonds. The third-order valence-electron chi connectivity index (χ3n) is 2.07. The van der Waals surface area contributed by atoms with Gasteiger partial charge in [-0.25, -0.2) is 4.99 Å². The van der Waals surface area contributed by atoms with Crippen LogP contribution in [0.3, 0.4) is 0 Å². The highest BCUT2D eigenvalue weighted by Gasteiger charge is 2.14. The first-order chi connectivity index (χ1) is 7.78. The van der Waals surface area contributed by atoms with Gasteiger partial charge in [0, 0.05) is 5.56 Å². The van der Waals surface area contributed by atoms with Crippen LogP contribution in [0.5, 0.6) is 5.75 Å². The minimum absolute atomic E-state index is 0.0901. The molecule has 94 valence electrons. The van der Waals surface area contributed by atoms with E-state index in [1.165, 1.54) is 0 Å². The zero-order valence-electron chi connectivity index (χ0n) is 10.9. The van der Waals surface area contributed by atoms with Crippen LogP contribution in [0.25, 0.3) is 0 Å². The zero-order chi connectivity index (χ0) is 13.1. The lowest BCUT2D eigenvalue weighted by atomic mass is 10.1. The molecule has 0 heterocycles. The normalized spacial score (nSPS) is 11.1. The van der Waals surface area contributed by atoms with E-state index < -0.39 is 0 Å². The smallest absolute Gasteiger partial charge is 0.186 e. The Hall–Kier alpha value is -1.71. The maximum absolute atomic E-state index is 5.90. The van der Waals surface area contributed by atoms with Crippen molar-refractivity contribution in [2.45, 2.75) is 39.8 Å². The van der Waals surface area contributed by atoms with Crippen LogP contribution in [0.15, 0.2) is 23.2 Å². The summed E-state index contributed by atoms with van der Waals surface area (Å²) in [4.78, 5) is 4.01. The average Bonchev–Trinajstić information content (AvgIpc) is 2.13. The van der Waals surface area contributed by atoms with Crippen molar-refractivity contribution in [2.75, 3.05) is 0 Å². The Balaban J connectivity index is 2.99. The van der Waals surface area contributed by atoms with Crippen LogP contribution in [-0.2, 0) is 6.54 Å². The second-order valence-corrected chi connectivity index (χ2v) is 5.07. The molecule has 0 spiro atoms. The third-order valence-corrected chi connectivity index (χ3v) is 2.07. The summed E-state index contributed by atoms with van der Waals surface area (Å²) >= 11 is 0. The second kappa shape index (κ2) is 5.08. The first-order valence-corrected chi connectivity index (χ1v) is 5.62. The van der Waals surface area contributed by atoms with Gasteiger partial charge in [0.25, 0.3) is 0 Å². The fourth-order valence-electron chi connectivity index (χ4n) is 1.39. The van der Waals surface area contributed by atoms with E-state index in [-0.39, 0.29) is 11.6 Å². The maximum Gasteiger partial charge on any atom is 0.186 e. The van der Waals surface area contributed by atoms with Gasteiger partial charge in [-0.15, -0.1) is 0 Å². The number of hydrogen-bond donors (Lipinski definition) is 2. The van der Waals surface area contributed by atoms with Crippen LogP contribution in [0.1, 0.15) is 31.9 Å². The van der Waals surface area contributed by atoms with Gasteiger partial charge in [0.15, 0.2) is 5.96 Å². The number of ether oxygens (including phenoxy) is 1. The van der Waals surface area contributed by atoms with Gasteiger partial charge >= 0.3 is 0 Å². The van der Waals surface area contributed by atoms with Crippen LogP contribution in [0.2, 0.25) is 0 Å². The van der Waals surface area contributed by atoms with Crippen LogP contribution < -0.4 is 16.2 Å².